The number of amidine groups is 1. The summed E-state index contributed by atoms with van der Waals surface area (Å²) in [6, 6.07) is 11.1. The Balaban J connectivity index is 1.78. The zero-order chi connectivity index (χ0) is 19.4. The maximum Gasteiger partial charge on any atom is 0.276 e. The first kappa shape index (κ1) is 19.1. The monoisotopic (exact) mass is 420 g/mol. The van der Waals surface area contributed by atoms with Crippen molar-refractivity contribution in [2.75, 3.05) is 0 Å². The Labute approximate surface area is 167 Å². The number of amides is 1. The molecule has 1 aliphatic heterocycles. The van der Waals surface area contributed by atoms with E-state index in [1.165, 1.54) is 18.4 Å². The first-order chi connectivity index (χ1) is 12.9. The third-order valence-electron chi connectivity index (χ3n) is 3.38. The van der Waals surface area contributed by atoms with Crippen LogP contribution in [0.15, 0.2) is 57.6 Å². The smallest absolute Gasteiger partial charge is 0.276 e. The molecule has 0 saturated carbocycles. The highest BCUT2D eigenvalue weighted by Crippen LogP contribution is 2.29. The van der Waals surface area contributed by atoms with E-state index in [0.29, 0.717) is 21.2 Å². The fraction of sp³-hybridized carbons (Fsp3) is 0. The van der Waals surface area contributed by atoms with Crippen molar-refractivity contribution in [2.45, 2.75) is 0 Å². The van der Waals surface area contributed by atoms with Gasteiger partial charge in [-0.25, -0.2) is 0 Å². The number of carbonyl (C=O) groups is 1. The molecule has 2 aromatic rings. The predicted molar refractivity (Wildman–Crippen MR) is 108 cm³/mol. The number of hydrogen-bond acceptors (Lipinski definition) is 6. The van der Waals surface area contributed by atoms with Crippen molar-refractivity contribution >= 4 is 64.0 Å². The molecule has 1 amide bonds. The number of thioether (sulfide) groups is 1. The molecule has 3 rings (SSSR count). The molecule has 0 radical (unpaired) electrons. The van der Waals surface area contributed by atoms with Gasteiger partial charge in [0, 0.05) is 16.7 Å². The lowest BCUT2D eigenvalue weighted by Gasteiger charge is -1.97. The summed E-state index contributed by atoms with van der Waals surface area (Å²) >= 11 is 12.9. The van der Waals surface area contributed by atoms with Crippen molar-refractivity contribution in [1.29, 1.82) is 0 Å². The SMILES string of the molecule is O=C1NC(=NN=Cc2ccc(Cl)cc2Cl)S/C1=C/c1ccccc1[N+](=O)[O-]. The Morgan fingerprint density at radius 1 is 1.15 bits per heavy atom. The van der Waals surface area contributed by atoms with E-state index >= 15 is 0 Å². The number of nitro groups is 1. The van der Waals surface area contributed by atoms with Crippen molar-refractivity contribution in [2.24, 2.45) is 10.2 Å². The van der Waals surface area contributed by atoms with Crippen molar-refractivity contribution in [3.05, 3.63) is 78.7 Å². The van der Waals surface area contributed by atoms with E-state index in [1.54, 1.807) is 36.4 Å². The second-order valence-electron chi connectivity index (χ2n) is 5.20. The Morgan fingerprint density at radius 3 is 2.67 bits per heavy atom. The van der Waals surface area contributed by atoms with E-state index < -0.39 is 10.8 Å². The van der Waals surface area contributed by atoms with Gasteiger partial charge in [0.05, 0.1) is 26.6 Å². The number of halogens is 2. The van der Waals surface area contributed by atoms with Crippen LogP contribution < -0.4 is 5.32 Å². The van der Waals surface area contributed by atoms with Crippen molar-refractivity contribution < 1.29 is 9.72 Å². The minimum absolute atomic E-state index is 0.0841. The third kappa shape index (κ3) is 4.73. The molecule has 0 atom stereocenters. The van der Waals surface area contributed by atoms with Crippen LogP contribution >= 0.6 is 35.0 Å². The van der Waals surface area contributed by atoms with Gasteiger partial charge in [-0.2, -0.15) is 5.10 Å². The molecule has 1 N–H and O–H groups in total. The van der Waals surface area contributed by atoms with Gasteiger partial charge in [0.2, 0.25) is 0 Å². The van der Waals surface area contributed by atoms with Gasteiger partial charge < -0.3 is 0 Å². The van der Waals surface area contributed by atoms with Gasteiger partial charge in [0.15, 0.2) is 5.17 Å². The molecule has 0 aliphatic carbocycles. The number of nitrogens with zero attached hydrogens (tertiary/aromatic N) is 3. The standard InChI is InChI=1S/C17H10Cl2N4O3S/c18-12-6-5-11(13(19)8-12)9-20-22-17-21-16(24)15(27-17)7-10-3-1-2-4-14(10)23(25)26/h1-9H,(H,21,22,24)/b15-7+,20-9?. The van der Waals surface area contributed by atoms with Gasteiger partial charge in [0.25, 0.3) is 11.6 Å². The second-order valence-corrected chi connectivity index (χ2v) is 7.07. The number of para-hydroxylation sites is 1. The maximum absolute atomic E-state index is 12.1. The molecule has 0 aromatic heterocycles. The molecular formula is C17H10Cl2N4O3S. The third-order valence-corrected chi connectivity index (χ3v) is 4.84. The van der Waals surface area contributed by atoms with Crippen LogP contribution in [0.4, 0.5) is 5.69 Å². The lowest BCUT2D eigenvalue weighted by atomic mass is 10.1. The van der Waals surface area contributed by atoms with Crippen LogP contribution in [0.1, 0.15) is 11.1 Å². The van der Waals surface area contributed by atoms with Gasteiger partial charge in [0.1, 0.15) is 0 Å². The van der Waals surface area contributed by atoms with Crippen LogP contribution in [0.25, 0.3) is 6.08 Å². The molecule has 10 heteroatoms. The summed E-state index contributed by atoms with van der Waals surface area (Å²) in [5.41, 5.74) is 0.868. The minimum Gasteiger partial charge on any atom is -0.299 e. The number of nitro benzene ring substituents is 1. The molecule has 2 aromatic carbocycles. The molecule has 1 saturated heterocycles. The van der Waals surface area contributed by atoms with E-state index in [1.807, 2.05) is 0 Å². The van der Waals surface area contributed by atoms with Crippen LogP contribution in [0.5, 0.6) is 0 Å². The largest absolute Gasteiger partial charge is 0.299 e. The van der Waals surface area contributed by atoms with E-state index in [9.17, 15) is 14.9 Å². The molecule has 1 heterocycles. The summed E-state index contributed by atoms with van der Waals surface area (Å²) in [4.78, 5) is 22.9. The zero-order valence-corrected chi connectivity index (χ0v) is 15.8. The molecule has 1 fully saturated rings. The van der Waals surface area contributed by atoms with Gasteiger partial charge in [-0.15, -0.1) is 5.10 Å². The number of hydrogen-bond donors (Lipinski definition) is 1. The minimum atomic E-state index is -0.501. The maximum atomic E-state index is 12.1. The van der Waals surface area contributed by atoms with E-state index in [0.717, 1.165) is 11.8 Å². The number of nitrogens with one attached hydrogen (secondary N) is 1. The lowest BCUT2D eigenvalue weighted by Crippen LogP contribution is -2.19. The second kappa shape index (κ2) is 8.34. The Kier molecular flexibility index (Phi) is 5.90. The van der Waals surface area contributed by atoms with Gasteiger partial charge in [-0.05, 0) is 36.0 Å². The average Bonchev–Trinajstić information content (AvgIpc) is 2.96. The summed E-state index contributed by atoms with van der Waals surface area (Å²) in [7, 11) is 0. The van der Waals surface area contributed by atoms with E-state index in [4.69, 9.17) is 23.2 Å². The summed E-state index contributed by atoms with van der Waals surface area (Å²) in [5.74, 6) is -0.406. The molecule has 7 nitrogen and oxygen atoms in total. The van der Waals surface area contributed by atoms with E-state index in [-0.39, 0.29) is 15.8 Å². The quantitative estimate of drug-likeness (QED) is 0.340. The highest BCUT2D eigenvalue weighted by Gasteiger charge is 2.25. The summed E-state index contributed by atoms with van der Waals surface area (Å²) < 4.78 is 0. The van der Waals surface area contributed by atoms with Crippen LogP contribution in [0, 0.1) is 10.1 Å². The molecule has 0 spiro atoms. The predicted octanol–water partition coefficient (Wildman–Crippen LogP) is 4.50. The van der Waals surface area contributed by atoms with Crippen LogP contribution in [0.2, 0.25) is 10.0 Å². The molecular weight excluding hydrogens is 411 g/mol. The topological polar surface area (TPSA) is 97.0 Å². The fourth-order valence-corrected chi connectivity index (χ4v) is 3.37. The first-order valence-corrected chi connectivity index (χ1v) is 9.01. The zero-order valence-electron chi connectivity index (χ0n) is 13.4. The Hall–Kier alpha value is -2.68. The molecule has 27 heavy (non-hydrogen) atoms. The van der Waals surface area contributed by atoms with Crippen LogP contribution in [-0.4, -0.2) is 22.2 Å². The number of carbonyl (C=O) groups excluding carboxylic acids is 1. The van der Waals surface area contributed by atoms with Crippen molar-refractivity contribution in [3.63, 3.8) is 0 Å². The number of rotatable bonds is 4. The number of benzene rings is 2. The first-order valence-electron chi connectivity index (χ1n) is 7.44. The van der Waals surface area contributed by atoms with Gasteiger partial charge >= 0.3 is 0 Å². The average molecular weight is 421 g/mol. The molecule has 0 bridgehead atoms. The fourth-order valence-electron chi connectivity index (χ4n) is 2.14. The van der Waals surface area contributed by atoms with Gasteiger partial charge in [-0.3, -0.25) is 20.2 Å². The highest BCUT2D eigenvalue weighted by atomic mass is 35.5. The van der Waals surface area contributed by atoms with Crippen LogP contribution in [0.3, 0.4) is 0 Å². The van der Waals surface area contributed by atoms with Crippen molar-refractivity contribution in [1.82, 2.24) is 5.32 Å². The summed E-state index contributed by atoms with van der Waals surface area (Å²) in [6.45, 7) is 0. The summed E-state index contributed by atoms with van der Waals surface area (Å²) in [6.07, 6.45) is 2.88. The summed E-state index contributed by atoms with van der Waals surface area (Å²) in [5, 5.41) is 22.6. The molecule has 0 unspecified atom stereocenters. The van der Waals surface area contributed by atoms with Crippen molar-refractivity contribution in [3.8, 4) is 0 Å². The Bertz CT molecular complexity index is 1020. The lowest BCUT2D eigenvalue weighted by molar-refractivity contribution is -0.385. The Morgan fingerprint density at radius 2 is 1.93 bits per heavy atom. The van der Waals surface area contributed by atoms with E-state index in [2.05, 4.69) is 15.5 Å². The van der Waals surface area contributed by atoms with Crippen LogP contribution in [-0.2, 0) is 4.79 Å². The molecule has 136 valence electrons. The molecule has 1 aliphatic rings. The highest BCUT2D eigenvalue weighted by molar-refractivity contribution is 8.18. The normalized spacial score (nSPS) is 17.0. The van der Waals surface area contributed by atoms with Gasteiger partial charge in [-0.1, -0.05) is 41.4 Å².